The van der Waals surface area contributed by atoms with Gasteiger partial charge >= 0.3 is 12.1 Å². The lowest BCUT2D eigenvalue weighted by Crippen LogP contribution is -2.38. The summed E-state index contributed by atoms with van der Waals surface area (Å²) in [5, 5.41) is 15.1. The normalized spacial score (nSPS) is 10.3. The molecule has 0 aliphatic carbocycles. The smallest absolute Gasteiger partial charge is 0.448 e. The summed E-state index contributed by atoms with van der Waals surface area (Å²) in [6.07, 6.45) is 2.89. The monoisotopic (exact) mass is 400 g/mol. The minimum Gasteiger partial charge on any atom is -0.493 e. The van der Waals surface area contributed by atoms with E-state index in [2.05, 4.69) is 31.7 Å². The minimum absolute atomic E-state index is 0.0250. The summed E-state index contributed by atoms with van der Waals surface area (Å²) >= 11 is 0. The highest BCUT2D eigenvalue weighted by atomic mass is 19.4. The molecule has 2 heterocycles. The molecule has 0 spiro atoms. The van der Waals surface area contributed by atoms with Crippen molar-refractivity contribution >= 4 is 17.7 Å². The maximum absolute atomic E-state index is 11.9. The quantitative estimate of drug-likeness (QED) is 0.558. The number of aliphatic carboxylic acids is 1. The van der Waals surface area contributed by atoms with Gasteiger partial charge in [-0.25, -0.2) is 4.98 Å². The lowest BCUT2D eigenvalue weighted by Gasteiger charge is -2.06. The van der Waals surface area contributed by atoms with Crippen molar-refractivity contribution in [1.29, 1.82) is 0 Å². The molecule has 0 saturated carbocycles. The molecule has 0 aliphatic rings. The number of aryl methyl sites for hydroxylation is 1. The number of rotatable bonds is 6. The number of carbonyl (C=O) groups excluding carboxylic acids is 1. The lowest BCUT2D eigenvalue weighted by molar-refractivity contribution is -0.753. The number of aromatic nitrogens is 4. The van der Waals surface area contributed by atoms with Crippen LogP contribution in [-0.2, 0) is 16.1 Å². The Morgan fingerprint density at radius 2 is 2.04 bits per heavy atom. The number of nitrogens with one attached hydrogen (secondary N) is 1. The molecular weight excluding hydrogens is 383 g/mol. The molecule has 12 heteroatoms. The van der Waals surface area contributed by atoms with E-state index in [1.54, 1.807) is 12.3 Å². The van der Waals surface area contributed by atoms with Crippen molar-refractivity contribution in [1.82, 2.24) is 15.1 Å². The summed E-state index contributed by atoms with van der Waals surface area (Å²) in [4.78, 5) is 30.1. The number of allylic oxidation sites excluding steroid dienone is 1. The molecule has 2 aromatic rings. The van der Waals surface area contributed by atoms with Gasteiger partial charge in [0.1, 0.15) is 12.6 Å². The molecule has 0 atom stereocenters. The molecule has 0 radical (unpaired) electrons. The van der Waals surface area contributed by atoms with Crippen LogP contribution < -0.4 is 10.00 Å². The maximum atomic E-state index is 11.9. The Labute approximate surface area is 157 Å². The number of nitrogens with zero attached hydrogens (tertiary/aromatic N) is 4. The van der Waals surface area contributed by atoms with Gasteiger partial charge in [-0.2, -0.15) is 13.2 Å². The van der Waals surface area contributed by atoms with E-state index >= 15 is 0 Å². The van der Waals surface area contributed by atoms with Gasteiger partial charge in [0.2, 0.25) is 0 Å². The maximum Gasteiger partial charge on any atom is 0.448 e. The van der Waals surface area contributed by atoms with Crippen LogP contribution in [0.2, 0.25) is 0 Å². The number of hydrogen-bond donors (Lipinski definition) is 2. The van der Waals surface area contributed by atoms with Gasteiger partial charge in [-0.1, -0.05) is 11.3 Å². The summed E-state index contributed by atoms with van der Waals surface area (Å²) in [5.74, 6) is -2.08. The Kier molecular flexibility index (Phi) is 8.46. The minimum atomic E-state index is -4.41. The van der Waals surface area contributed by atoms with Gasteiger partial charge in [0.15, 0.2) is 24.3 Å². The number of carboxylic acids is 1. The van der Waals surface area contributed by atoms with Crippen LogP contribution in [0.4, 0.5) is 19.0 Å². The Balaban J connectivity index is 0.000000416. The van der Waals surface area contributed by atoms with Crippen molar-refractivity contribution in [2.75, 3.05) is 12.4 Å². The molecular formula is C16H17F3N5O4+. The third kappa shape index (κ3) is 8.21. The topological polar surface area (TPSA) is 118 Å². The van der Waals surface area contributed by atoms with Crippen LogP contribution in [0.15, 0.2) is 49.4 Å². The van der Waals surface area contributed by atoms with Crippen molar-refractivity contribution in [2.45, 2.75) is 19.1 Å². The third-order valence-corrected chi connectivity index (χ3v) is 2.96. The lowest BCUT2D eigenvalue weighted by atomic mass is 10.3. The van der Waals surface area contributed by atoms with E-state index in [0.717, 1.165) is 7.11 Å². The molecule has 150 valence electrons. The standard InChI is InChI=1S/C12H11N5O3.C4H5F3O/c18-11(19)2-6-17-5-1-9(7-15-17)12(20)16-10-8-13-3-4-14-10;1-3(8-2)4(5,6)7/h1,3-5,7-8H,2,6H2,(H-,14,15,16,18,19,20);1H2,2H3/p+1. The first-order chi connectivity index (χ1) is 13.1. The first-order valence-electron chi connectivity index (χ1n) is 7.58. The fraction of sp³-hybridized carbons (Fsp3) is 0.250. The highest BCUT2D eigenvalue weighted by Crippen LogP contribution is 2.23. The molecule has 0 fully saturated rings. The number of hydrogen-bond acceptors (Lipinski definition) is 6. The molecule has 0 saturated heterocycles. The molecule has 0 bridgehead atoms. The molecule has 0 unspecified atom stereocenters. The summed E-state index contributed by atoms with van der Waals surface area (Å²) < 4.78 is 38.9. The Hall–Kier alpha value is -3.57. The van der Waals surface area contributed by atoms with Crippen LogP contribution in [0.5, 0.6) is 0 Å². The molecule has 2 rings (SSSR count). The molecule has 2 N–H and O–H groups in total. The average Bonchev–Trinajstić information content (AvgIpc) is 2.66. The van der Waals surface area contributed by atoms with Gasteiger partial charge < -0.3 is 15.2 Å². The van der Waals surface area contributed by atoms with Crippen LogP contribution in [-0.4, -0.2) is 45.3 Å². The zero-order chi connectivity index (χ0) is 21.2. The van der Waals surface area contributed by atoms with E-state index in [1.165, 1.54) is 29.5 Å². The van der Waals surface area contributed by atoms with Crippen molar-refractivity contribution in [2.24, 2.45) is 0 Å². The largest absolute Gasteiger partial charge is 0.493 e. The second-order valence-corrected chi connectivity index (χ2v) is 4.99. The zero-order valence-electron chi connectivity index (χ0n) is 14.7. The fourth-order valence-electron chi connectivity index (χ4n) is 1.53. The predicted molar refractivity (Wildman–Crippen MR) is 88.9 cm³/mol. The Bertz CT molecular complexity index is 798. The number of carboxylic acid groups (broad SMARTS) is 1. The van der Waals surface area contributed by atoms with Crippen molar-refractivity contribution in [3.63, 3.8) is 0 Å². The van der Waals surface area contributed by atoms with Crippen molar-refractivity contribution in [3.05, 3.63) is 55.0 Å². The number of methoxy groups -OCH3 is 1. The third-order valence-electron chi connectivity index (χ3n) is 2.96. The fourth-order valence-corrected chi connectivity index (χ4v) is 1.53. The number of anilines is 1. The summed E-state index contributed by atoms with van der Waals surface area (Å²) in [6, 6.07) is 1.56. The molecule has 2 aromatic heterocycles. The van der Waals surface area contributed by atoms with E-state index in [9.17, 15) is 22.8 Å². The van der Waals surface area contributed by atoms with Gasteiger partial charge in [0, 0.05) is 18.5 Å². The average molecular weight is 400 g/mol. The van der Waals surface area contributed by atoms with Gasteiger partial charge in [-0.3, -0.25) is 14.6 Å². The first kappa shape index (κ1) is 22.5. The SMILES string of the molecule is C=C(OC)C(F)(F)F.O=C(O)CC[n+]1ccc(C(=O)Nc2cnccn2)cn1. The van der Waals surface area contributed by atoms with E-state index in [0.29, 0.717) is 11.4 Å². The van der Waals surface area contributed by atoms with E-state index in [4.69, 9.17) is 5.11 Å². The number of amides is 1. The zero-order valence-corrected chi connectivity index (χ0v) is 14.7. The van der Waals surface area contributed by atoms with Crippen molar-refractivity contribution < 1.29 is 37.3 Å². The van der Waals surface area contributed by atoms with Gasteiger partial charge in [-0.05, 0) is 5.10 Å². The van der Waals surface area contributed by atoms with Crippen molar-refractivity contribution in [3.8, 4) is 0 Å². The molecule has 9 nitrogen and oxygen atoms in total. The summed E-state index contributed by atoms with van der Waals surface area (Å²) in [6.45, 7) is 2.85. The predicted octanol–water partition coefficient (Wildman–Crippen LogP) is 1.59. The number of alkyl halides is 3. The molecule has 0 aliphatic heterocycles. The second-order valence-electron chi connectivity index (χ2n) is 4.99. The Morgan fingerprint density at radius 3 is 2.46 bits per heavy atom. The molecule has 28 heavy (non-hydrogen) atoms. The molecule has 1 amide bonds. The van der Waals surface area contributed by atoms with Crippen LogP contribution in [0.3, 0.4) is 0 Å². The summed E-state index contributed by atoms with van der Waals surface area (Å²) in [7, 11) is 0.926. The van der Waals surface area contributed by atoms with Crippen LogP contribution in [0, 0.1) is 0 Å². The Morgan fingerprint density at radius 1 is 1.32 bits per heavy atom. The highest BCUT2D eigenvalue weighted by Gasteiger charge is 2.33. The molecule has 0 aromatic carbocycles. The second kappa shape index (κ2) is 10.5. The highest BCUT2D eigenvalue weighted by molar-refractivity contribution is 6.03. The van der Waals surface area contributed by atoms with Crippen LogP contribution in [0.1, 0.15) is 16.8 Å². The van der Waals surface area contributed by atoms with Crippen LogP contribution in [0.25, 0.3) is 0 Å². The van der Waals surface area contributed by atoms with E-state index < -0.39 is 17.9 Å². The number of carbonyl (C=O) groups is 2. The van der Waals surface area contributed by atoms with Gasteiger partial charge in [0.05, 0.1) is 18.9 Å². The number of ether oxygens (including phenoxy) is 1. The summed E-state index contributed by atoms with van der Waals surface area (Å²) in [5.41, 5.74) is 0.349. The van der Waals surface area contributed by atoms with Crippen LogP contribution >= 0.6 is 0 Å². The first-order valence-corrected chi connectivity index (χ1v) is 7.58. The van der Waals surface area contributed by atoms with E-state index in [1.807, 2.05) is 0 Å². The van der Waals surface area contributed by atoms with E-state index in [-0.39, 0.29) is 18.9 Å². The van der Waals surface area contributed by atoms with Gasteiger partial charge in [0.25, 0.3) is 5.91 Å². The van der Waals surface area contributed by atoms with Gasteiger partial charge in [-0.15, -0.1) is 0 Å². The number of halogens is 3.